The average Bonchev–Trinajstić information content (AvgIpc) is 3.46. The van der Waals surface area contributed by atoms with E-state index in [1.807, 2.05) is 43.3 Å². The van der Waals surface area contributed by atoms with Gasteiger partial charge in [0.25, 0.3) is 0 Å². The number of rotatable bonds is 11. The Hall–Kier alpha value is -3.84. The van der Waals surface area contributed by atoms with Crippen LogP contribution in [0.15, 0.2) is 60.8 Å². The van der Waals surface area contributed by atoms with Crippen molar-refractivity contribution >= 4 is 94.5 Å². The van der Waals surface area contributed by atoms with Gasteiger partial charge in [-0.15, -0.1) is 16.4 Å². The van der Waals surface area contributed by atoms with Crippen LogP contribution in [0, 0.1) is 0 Å². The molecule has 0 saturated heterocycles. The number of likely N-dealkylation sites (N-methyl/N-ethyl adjacent to an activating group) is 1. The van der Waals surface area contributed by atoms with E-state index in [4.69, 9.17) is 44.0 Å². The maximum absolute atomic E-state index is 11.6. The number of hydrogen-bond acceptors (Lipinski definition) is 4. The highest BCUT2D eigenvalue weighted by Gasteiger charge is 2.19. The third-order valence-corrected chi connectivity index (χ3v) is 7.04. The highest BCUT2D eigenvalue weighted by Crippen LogP contribution is 2.35. The summed E-state index contributed by atoms with van der Waals surface area (Å²) in [6.07, 6.45) is 5.71. The van der Waals surface area contributed by atoms with E-state index in [9.17, 15) is 4.79 Å². The number of carbonyl (C=O) groups excluding carboxylic acids is 1. The fraction of sp³-hybridized carbons (Fsp3) is 0.226. The molecule has 2 N–H and O–H groups in total. The summed E-state index contributed by atoms with van der Waals surface area (Å²) in [6, 6.07) is 13.9. The molecule has 0 saturated carbocycles. The van der Waals surface area contributed by atoms with Crippen molar-refractivity contribution in [3.05, 3.63) is 77.5 Å². The first-order valence-corrected chi connectivity index (χ1v) is 13.6. The second-order valence-corrected chi connectivity index (χ2v) is 10.0. The maximum atomic E-state index is 11.6. The van der Waals surface area contributed by atoms with Crippen LogP contribution in [0.5, 0.6) is 5.75 Å². The van der Waals surface area contributed by atoms with E-state index in [0.717, 1.165) is 38.9 Å². The molecule has 0 unspecified atom stereocenters. The Balaban J connectivity index is 1.65. The van der Waals surface area contributed by atoms with E-state index >= 15 is 0 Å². The molecule has 0 aliphatic rings. The normalized spacial score (nSPS) is 12.1. The largest absolute Gasteiger partial charge is 0.492 e. The lowest BCUT2D eigenvalue weighted by Crippen LogP contribution is -2.56. The van der Waals surface area contributed by atoms with Crippen LogP contribution in [0.3, 0.4) is 0 Å². The lowest BCUT2D eigenvalue weighted by Gasteiger charge is -2.25. The molecule has 200 valence electrons. The predicted molar refractivity (Wildman–Crippen MR) is 178 cm³/mol. The molecule has 10 radical (unpaired) electrons. The monoisotopic (exact) mass is 544 g/mol. The summed E-state index contributed by atoms with van der Waals surface area (Å²) in [5.74, 6) is 0.674. The van der Waals surface area contributed by atoms with Crippen molar-refractivity contribution in [2.45, 2.75) is 13.3 Å². The molecule has 42 heavy (non-hydrogen) atoms. The molecule has 1 heterocycles. The van der Waals surface area contributed by atoms with Crippen molar-refractivity contribution < 1.29 is 9.53 Å². The predicted octanol–water partition coefficient (Wildman–Crippen LogP) is -0.486. The van der Waals surface area contributed by atoms with Crippen molar-refractivity contribution in [2.75, 3.05) is 33.8 Å². The molecular weight excluding hydrogens is 514 g/mol. The molecule has 6 nitrogen and oxygen atoms in total. The van der Waals surface area contributed by atoms with Crippen LogP contribution >= 0.6 is 0 Å². The first kappa shape index (κ1) is 31.1. The molecule has 0 fully saturated rings. The quantitative estimate of drug-likeness (QED) is 0.116. The molecule has 0 aliphatic heterocycles. The van der Waals surface area contributed by atoms with Gasteiger partial charge in [-0.25, -0.2) is 0 Å². The molecule has 11 heteroatoms. The van der Waals surface area contributed by atoms with Crippen LogP contribution < -0.4 is 37.4 Å². The number of amides is 1. The van der Waals surface area contributed by atoms with Crippen molar-refractivity contribution in [3.8, 4) is 5.75 Å². The van der Waals surface area contributed by atoms with Gasteiger partial charge in [0.2, 0.25) is 5.91 Å². The minimum atomic E-state index is -0.0498. The van der Waals surface area contributed by atoms with Gasteiger partial charge < -0.3 is 15.0 Å². The Morgan fingerprint density at radius 1 is 0.952 bits per heavy atom. The number of benzene rings is 3. The van der Waals surface area contributed by atoms with Crippen molar-refractivity contribution in [1.82, 2.24) is 20.4 Å². The minimum Gasteiger partial charge on any atom is -0.492 e. The van der Waals surface area contributed by atoms with E-state index in [-0.39, 0.29) is 22.3 Å². The van der Waals surface area contributed by atoms with Crippen LogP contribution in [0.2, 0.25) is 0 Å². The summed E-state index contributed by atoms with van der Waals surface area (Å²) in [5, 5.41) is 11.4. The van der Waals surface area contributed by atoms with Crippen molar-refractivity contribution in [3.63, 3.8) is 0 Å². The molecule has 0 atom stereocenters. The zero-order chi connectivity index (χ0) is 30.4. The Morgan fingerprint density at radius 2 is 1.60 bits per heavy atom. The van der Waals surface area contributed by atoms with E-state index in [0.29, 0.717) is 42.6 Å². The van der Waals surface area contributed by atoms with E-state index < -0.39 is 0 Å². The molecule has 3 aromatic carbocycles. The Morgan fingerprint density at radius 3 is 2.24 bits per heavy atom. The van der Waals surface area contributed by atoms with Gasteiger partial charge in [0.1, 0.15) is 51.6 Å². The molecule has 0 spiro atoms. The SMILES string of the molecule is [B]c1c([B])c([B])c(/C(CC)=C(\c2ccc(OCCNC/C=C/C(=O)N(C)C)cc2)c2ccc3[nH]ncc3c2)c([B])c1[B]. The Bertz CT molecular complexity index is 1620. The first-order valence-electron chi connectivity index (χ1n) is 13.6. The zero-order valence-electron chi connectivity index (χ0n) is 24.2. The highest BCUT2D eigenvalue weighted by molar-refractivity contribution is 6.68. The van der Waals surface area contributed by atoms with Gasteiger partial charge >= 0.3 is 0 Å². The van der Waals surface area contributed by atoms with Gasteiger partial charge in [0.15, 0.2) is 0 Å². The summed E-state index contributed by atoms with van der Waals surface area (Å²) < 4.78 is 5.94. The van der Waals surface area contributed by atoms with Crippen molar-refractivity contribution in [1.29, 1.82) is 0 Å². The average molecular weight is 544 g/mol. The molecule has 4 aromatic rings. The lowest BCUT2D eigenvalue weighted by molar-refractivity contribution is -0.123. The number of H-pyrrole nitrogens is 1. The number of ether oxygens (including phenoxy) is 1. The smallest absolute Gasteiger partial charge is 0.245 e. The first-order chi connectivity index (χ1) is 20.1. The Labute approximate surface area is 254 Å². The van der Waals surface area contributed by atoms with Crippen LogP contribution in [0.4, 0.5) is 0 Å². The second kappa shape index (κ2) is 13.9. The van der Waals surface area contributed by atoms with Crippen LogP contribution in [0.25, 0.3) is 22.0 Å². The number of fused-ring (bicyclic) bond motifs is 1. The summed E-state index contributed by atoms with van der Waals surface area (Å²) in [4.78, 5) is 13.1. The van der Waals surface area contributed by atoms with Crippen molar-refractivity contribution in [2.24, 2.45) is 0 Å². The number of nitrogens with one attached hydrogen (secondary N) is 2. The van der Waals surface area contributed by atoms with Gasteiger partial charge in [-0.3, -0.25) is 9.89 Å². The third-order valence-electron chi connectivity index (χ3n) is 7.04. The number of allylic oxidation sites excluding steroid dienone is 1. The highest BCUT2D eigenvalue weighted by atomic mass is 16.5. The van der Waals surface area contributed by atoms with E-state index in [1.54, 1.807) is 32.4 Å². The molecule has 1 amide bonds. The molecule has 0 bridgehead atoms. The van der Waals surface area contributed by atoms with Crippen LogP contribution in [0.1, 0.15) is 30.0 Å². The number of nitrogens with zero attached hydrogens (tertiary/aromatic N) is 2. The topological polar surface area (TPSA) is 70.2 Å². The van der Waals surface area contributed by atoms with Crippen LogP contribution in [-0.4, -0.2) is 94.0 Å². The Kier molecular flexibility index (Phi) is 10.3. The zero-order valence-corrected chi connectivity index (χ0v) is 24.2. The van der Waals surface area contributed by atoms with Gasteiger partial charge in [0, 0.05) is 38.6 Å². The lowest BCUT2D eigenvalue weighted by atomic mass is 9.59. The molecular formula is C31H29B5N4O2. The van der Waals surface area contributed by atoms with E-state index in [2.05, 4.69) is 21.6 Å². The van der Waals surface area contributed by atoms with E-state index in [1.165, 1.54) is 4.90 Å². The van der Waals surface area contributed by atoms with Gasteiger partial charge in [-0.2, -0.15) is 5.10 Å². The fourth-order valence-corrected chi connectivity index (χ4v) is 4.72. The molecule has 4 rings (SSSR count). The standard InChI is InChI=1S/C31H29B5N4O2/c1-4-22(26-27(32)29(34)31(36)30(35)28(26)33)25(19-9-12-23-20(16-19)17-38-39-23)18-7-10-21(11-8-18)42-15-14-37-13-5-6-24(41)40(2)3/h5-12,16-17,37H,4,13-15H2,1-3H3,(H,38,39)/b6-5+,25-22+. The number of aromatic amines is 1. The summed E-state index contributed by atoms with van der Waals surface area (Å²) in [7, 11) is 35.0. The molecule has 1 aromatic heterocycles. The fourth-order valence-electron chi connectivity index (χ4n) is 4.72. The second-order valence-electron chi connectivity index (χ2n) is 10.0. The summed E-state index contributed by atoms with van der Waals surface area (Å²) in [6.45, 7) is 3.69. The van der Waals surface area contributed by atoms with Gasteiger partial charge in [0.05, 0.1) is 11.7 Å². The number of carbonyl (C=O) groups is 1. The summed E-state index contributed by atoms with van der Waals surface area (Å²) >= 11 is 0. The summed E-state index contributed by atoms with van der Waals surface area (Å²) in [5.41, 5.74) is 6.40. The third kappa shape index (κ3) is 6.79. The van der Waals surface area contributed by atoms with Crippen LogP contribution in [-0.2, 0) is 4.79 Å². The van der Waals surface area contributed by atoms with Gasteiger partial charge in [-0.05, 0) is 58.5 Å². The number of hydrogen-bond donors (Lipinski definition) is 2. The minimum absolute atomic E-state index is 0.0498. The number of aromatic nitrogens is 2. The molecule has 0 aliphatic carbocycles. The maximum Gasteiger partial charge on any atom is 0.245 e. The van der Waals surface area contributed by atoms with Gasteiger partial charge in [-0.1, -0.05) is 42.1 Å².